The van der Waals surface area contributed by atoms with Crippen LogP contribution in [-0.2, 0) is 9.31 Å². The monoisotopic (exact) mass is 295 g/mol. The van der Waals surface area contributed by atoms with Crippen LogP contribution in [0.15, 0.2) is 18.2 Å². The van der Waals surface area contributed by atoms with Crippen molar-refractivity contribution in [1.82, 2.24) is 0 Å². The van der Waals surface area contributed by atoms with E-state index >= 15 is 0 Å². The second-order valence-electron chi connectivity index (χ2n) is 5.83. The third-order valence-electron chi connectivity index (χ3n) is 3.87. The first-order valence-corrected chi connectivity index (χ1v) is 6.51. The number of halogens is 2. The molecule has 1 aliphatic heterocycles. The predicted molar refractivity (Wildman–Crippen MR) is 73.5 cm³/mol. The van der Waals surface area contributed by atoms with Gasteiger partial charge in [0.15, 0.2) is 0 Å². The van der Waals surface area contributed by atoms with E-state index in [0.717, 1.165) is 0 Å². The van der Waals surface area contributed by atoms with Gasteiger partial charge in [-0.15, -0.1) is 0 Å². The van der Waals surface area contributed by atoms with Crippen LogP contribution >= 0.6 is 0 Å². The molecule has 112 valence electrons. The molecular formula is C14H16BF2NO3. The van der Waals surface area contributed by atoms with Crippen molar-refractivity contribution in [2.45, 2.75) is 45.5 Å². The molecule has 0 atom stereocenters. The van der Waals surface area contributed by atoms with Gasteiger partial charge in [-0.25, -0.2) is 0 Å². The van der Waals surface area contributed by atoms with Gasteiger partial charge in [0.05, 0.1) is 16.8 Å². The Morgan fingerprint density at radius 3 is 2.24 bits per heavy atom. The highest BCUT2D eigenvalue weighted by molar-refractivity contribution is 6.62. The molecule has 1 aliphatic rings. The third kappa shape index (κ3) is 3.01. The molecule has 0 aliphatic carbocycles. The summed E-state index contributed by atoms with van der Waals surface area (Å²) < 4.78 is 40.8. The Bertz CT molecular complexity index is 568. The van der Waals surface area contributed by atoms with Crippen LogP contribution < -0.4 is 10.2 Å². The van der Waals surface area contributed by atoms with Crippen LogP contribution in [0.2, 0.25) is 0 Å². The van der Waals surface area contributed by atoms with Crippen molar-refractivity contribution in [3.05, 3.63) is 23.8 Å². The highest BCUT2D eigenvalue weighted by Crippen LogP contribution is 2.36. The van der Waals surface area contributed by atoms with Crippen LogP contribution in [-0.4, -0.2) is 24.9 Å². The molecule has 7 heteroatoms. The van der Waals surface area contributed by atoms with E-state index in [1.54, 1.807) is 6.07 Å². The van der Waals surface area contributed by atoms with E-state index in [2.05, 4.69) is 4.74 Å². The highest BCUT2D eigenvalue weighted by Gasteiger charge is 2.51. The number of nitriles is 1. The molecule has 0 aromatic heterocycles. The van der Waals surface area contributed by atoms with E-state index < -0.39 is 24.9 Å². The summed E-state index contributed by atoms with van der Waals surface area (Å²) in [6, 6.07) is 6.19. The summed E-state index contributed by atoms with van der Waals surface area (Å²) in [6.07, 6.45) is 0. The van der Waals surface area contributed by atoms with Gasteiger partial charge in [-0.2, -0.15) is 14.0 Å². The minimum atomic E-state index is -2.99. The van der Waals surface area contributed by atoms with Gasteiger partial charge in [-0.05, 0) is 45.3 Å². The minimum Gasteiger partial charge on any atom is -0.433 e. The molecule has 1 aromatic rings. The first-order chi connectivity index (χ1) is 9.66. The zero-order chi connectivity index (χ0) is 15.8. The Labute approximate surface area is 122 Å². The summed E-state index contributed by atoms with van der Waals surface area (Å²) in [5.74, 6) is -0.181. The van der Waals surface area contributed by atoms with Gasteiger partial charge in [0.25, 0.3) is 0 Å². The Kier molecular flexibility index (Phi) is 3.96. The number of ether oxygens (including phenoxy) is 1. The number of rotatable bonds is 3. The van der Waals surface area contributed by atoms with E-state index in [0.29, 0.717) is 5.46 Å². The van der Waals surface area contributed by atoms with Gasteiger partial charge in [-0.1, -0.05) is 6.07 Å². The second-order valence-corrected chi connectivity index (χ2v) is 5.83. The molecule has 0 amide bonds. The minimum absolute atomic E-state index is 0.0376. The van der Waals surface area contributed by atoms with Crippen molar-refractivity contribution in [3.8, 4) is 11.8 Å². The van der Waals surface area contributed by atoms with Crippen molar-refractivity contribution in [3.63, 3.8) is 0 Å². The Balaban J connectivity index is 2.32. The van der Waals surface area contributed by atoms with Gasteiger partial charge in [0.2, 0.25) is 0 Å². The average Bonchev–Trinajstić information content (AvgIpc) is 2.57. The largest absolute Gasteiger partial charge is 0.494 e. The summed E-state index contributed by atoms with van der Waals surface area (Å²) in [6.45, 7) is 4.59. The standard InChI is InChI=1S/C14H16BF2NO3/c1-13(2)14(3,4)21-15(20-13)10-6-5-9(8-18)11(7-10)19-12(16)17/h5-7,12H,1-4H3. The molecule has 2 rings (SSSR count). The Hall–Kier alpha value is -1.65. The smallest absolute Gasteiger partial charge is 0.433 e. The molecule has 0 spiro atoms. The lowest BCUT2D eigenvalue weighted by atomic mass is 9.78. The summed E-state index contributed by atoms with van der Waals surface area (Å²) in [5, 5.41) is 8.92. The van der Waals surface area contributed by atoms with Crippen LogP contribution in [0.1, 0.15) is 33.3 Å². The molecule has 0 saturated carbocycles. The maximum absolute atomic E-state index is 12.4. The lowest BCUT2D eigenvalue weighted by Gasteiger charge is -2.32. The molecule has 4 nitrogen and oxygen atoms in total. The predicted octanol–water partition coefficient (Wildman–Crippen LogP) is 2.46. The maximum atomic E-state index is 12.4. The normalized spacial score (nSPS) is 19.6. The first-order valence-electron chi connectivity index (χ1n) is 6.51. The number of hydrogen-bond acceptors (Lipinski definition) is 4. The molecule has 1 aromatic carbocycles. The highest BCUT2D eigenvalue weighted by atomic mass is 19.3. The lowest BCUT2D eigenvalue weighted by Crippen LogP contribution is -2.41. The number of benzene rings is 1. The van der Waals surface area contributed by atoms with E-state index in [9.17, 15) is 8.78 Å². The topological polar surface area (TPSA) is 51.5 Å². The Morgan fingerprint density at radius 1 is 1.19 bits per heavy atom. The fourth-order valence-electron chi connectivity index (χ4n) is 1.95. The number of nitrogens with zero attached hydrogens (tertiary/aromatic N) is 1. The van der Waals surface area contributed by atoms with Gasteiger partial charge in [0, 0.05) is 0 Å². The van der Waals surface area contributed by atoms with Crippen LogP contribution in [0, 0.1) is 11.3 Å². The van der Waals surface area contributed by atoms with Crippen LogP contribution in [0.3, 0.4) is 0 Å². The first kappa shape index (κ1) is 15.7. The molecule has 1 heterocycles. The van der Waals surface area contributed by atoms with Crippen molar-refractivity contribution >= 4 is 12.6 Å². The van der Waals surface area contributed by atoms with E-state index in [1.807, 2.05) is 33.8 Å². The summed E-state index contributed by atoms with van der Waals surface area (Å²) in [5.41, 5.74) is -0.496. The molecule has 0 N–H and O–H groups in total. The van der Waals surface area contributed by atoms with Crippen LogP contribution in [0.4, 0.5) is 8.78 Å². The van der Waals surface area contributed by atoms with Gasteiger partial charge in [0.1, 0.15) is 11.8 Å². The van der Waals surface area contributed by atoms with Gasteiger partial charge >= 0.3 is 13.7 Å². The van der Waals surface area contributed by atoms with Crippen LogP contribution in [0.5, 0.6) is 5.75 Å². The summed E-state index contributed by atoms with van der Waals surface area (Å²) in [4.78, 5) is 0. The summed E-state index contributed by atoms with van der Waals surface area (Å²) >= 11 is 0. The fraction of sp³-hybridized carbons (Fsp3) is 0.500. The zero-order valence-corrected chi connectivity index (χ0v) is 12.3. The molecule has 0 unspecified atom stereocenters. The summed E-state index contributed by atoms with van der Waals surface area (Å²) in [7, 11) is -0.692. The maximum Gasteiger partial charge on any atom is 0.494 e. The second kappa shape index (κ2) is 5.28. The SMILES string of the molecule is CC1(C)OB(c2ccc(C#N)c(OC(F)F)c2)OC1(C)C. The number of alkyl halides is 2. The van der Waals surface area contributed by atoms with Crippen molar-refractivity contribution in [2.24, 2.45) is 0 Å². The van der Waals surface area contributed by atoms with Crippen molar-refractivity contribution < 1.29 is 22.8 Å². The zero-order valence-electron chi connectivity index (χ0n) is 12.3. The molecule has 0 radical (unpaired) electrons. The molecule has 21 heavy (non-hydrogen) atoms. The molecular weight excluding hydrogens is 279 g/mol. The van der Waals surface area contributed by atoms with E-state index in [4.69, 9.17) is 14.6 Å². The molecule has 1 fully saturated rings. The average molecular weight is 295 g/mol. The van der Waals surface area contributed by atoms with Gasteiger partial charge in [-0.3, -0.25) is 0 Å². The van der Waals surface area contributed by atoms with E-state index in [-0.39, 0.29) is 11.3 Å². The molecule has 1 saturated heterocycles. The molecule has 0 bridgehead atoms. The van der Waals surface area contributed by atoms with Crippen molar-refractivity contribution in [2.75, 3.05) is 0 Å². The number of hydrogen-bond donors (Lipinski definition) is 0. The van der Waals surface area contributed by atoms with E-state index in [1.165, 1.54) is 12.1 Å². The van der Waals surface area contributed by atoms with Crippen LogP contribution in [0.25, 0.3) is 0 Å². The Morgan fingerprint density at radius 2 is 1.76 bits per heavy atom. The van der Waals surface area contributed by atoms with Crippen molar-refractivity contribution in [1.29, 1.82) is 5.26 Å². The quantitative estimate of drug-likeness (QED) is 0.804. The van der Waals surface area contributed by atoms with Gasteiger partial charge < -0.3 is 14.0 Å². The lowest BCUT2D eigenvalue weighted by molar-refractivity contribution is -0.0500. The fourth-order valence-corrected chi connectivity index (χ4v) is 1.95. The third-order valence-corrected chi connectivity index (χ3v) is 3.87.